The summed E-state index contributed by atoms with van der Waals surface area (Å²) in [5.74, 6) is 0. The third-order valence-corrected chi connectivity index (χ3v) is 8.74. The van der Waals surface area contributed by atoms with Gasteiger partial charge in [0.05, 0.1) is 11.2 Å². The molecule has 1 heterocycles. The van der Waals surface area contributed by atoms with Crippen molar-refractivity contribution >= 4 is 61.9 Å². The van der Waals surface area contributed by atoms with E-state index >= 15 is 0 Å². The van der Waals surface area contributed by atoms with Crippen LogP contribution in [0.5, 0.6) is 0 Å². The maximum atomic E-state index is 7.61. The molecule has 4 rings (SSSR count). The summed E-state index contributed by atoms with van der Waals surface area (Å²) >= 11 is 0. The summed E-state index contributed by atoms with van der Waals surface area (Å²) in [6.45, 7) is 60.3. The Morgan fingerprint density at radius 2 is 0.729 bits per heavy atom. The molecule has 0 spiro atoms. The number of aryl methyl sites for hydroxylation is 2. The van der Waals surface area contributed by atoms with Crippen molar-refractivity contribution in [3.8, 4) is 0 Å². The van der Waals surface area contributed by atoms with Crippen LogP contribution in [-0.4, -0.2) is 60.7 Å². The number of rotatable bonds is 4. The van der Waals surface area contributed by atoms with Crippen molar-refractivity contribution in [2.24, 2.45) is 0 Å². The molecule has 0 bridgehead atoms. The fourth-order valence-electron chi connectivity index (χ4n) is 4.19. The predicted molar refractivity (Wildman–Crippen MR) is 336 cm³/mol. The highest BCUT2D eigenvalue weighted by atomic mass is 16.7. The largest absolute Gasteiger partial charge is 0.494 e. The smallest absolute Gasteiger partial charge is 0.427 e. The first kappa shape index (κ1) is 99.6. The summed E-state index contributed by atoms with van der Waals surface area (Å²) in [6, 6.07) is 23.9. The summed E-state index contributed by atoms with van der Waals surface area (Å²) in [4.78, 5) is 0. The van der Waals surface area contributed by atoms with E-state index < -0.39 is 7.12 Å². The van der Waals surface area contributed by atoms with E-state index in [0.29, 0.717) is 0 Å². The van der Waals surface area contributed by atoms with E-state index in [1.807, 2.05) is 175 Å². The minimum atomic E-state index is -1.17. The highest BCUT2D eigenvalue weighted by molar-refractivity contribution is 6.62. The number of allylic oxidation sites excluding steroid dienone is 8. The van der Waals surface area contributed by atoms with E-state index in [1.165, 1.54) is 45.8 Å². The number of anilines is 2. The lowest BCUT2D eigenvalue weighted by Gasteiger charge is -2.32. The molecular formula is C59H116B5N2O4. The molecule has 0 aromatic heterocycles. The van der Waals surface area contributed by atoms with Crippen LogP contribution in [0.25, 0.3) is 5.57 Å². The molecule has 0 unspecified atom stereocenters. The molecule has 70 heavy (non-hydrogen) atoms. The van der Waals surface area contributed by atoms with Gasteiger partial charge in [0.2, 0.25) is 0 Å². The molecule has 0 atom stereocenters. The van der Waals surface area contributed by atoms with Gasteiger partial charge in [0.15, 0.2) is 0 Å². The molecule has 3 aromatic carbocycles. The maximum Gasteiger partial charge on any atom is 0.494 e. The van der Waals surface area contributed by atoms with Crippen LogP contribution >= 0.6 is 0 Å². The zero-order valence-corrected chi connectivity index (χ0v) is 51.0. The molecule has 1 aliphatic heterocycles. The lowest BCUT2D eigenvalue weighted by Crippen LogP contribution is -2.41. The third kappa shape index (κ3) is 52.2. The summed E-state index contributed by atoms with van der Waals surface area (Å²) in [5.41, 5.74) is 22.5. The molecule has 1 fully saturated rings. The quantitative estimate of drug-likeness (QED) is 0.118. The van der Waals surface area contributed by atoms with Gasteiger partial charge in [-0.25, -0.2) is 0 Å². The van der Waals surface area contributed by atoms with Gasteiger partial charge >= 0.3 is 14.2 Å². The Kier molecular flexibility index (Phi) is 99.1. The molecule has 9 radical (unpaired) electrons. The Bertz CT molecular complexity index is 1500. The normalized spacial score (nSPS) is 11.5. The van der Waals surface area contributed by atoms with Gasteiger partial charge in [-0.3, -0.25) is 0 Å². The minimum absolute atomic E-state index is 0. The molecule has 6 nitrogen and oxygen atoms in total. The molecule has 6 N–H and O–H groups in total. The van der Waals surface area contributed by atoms with E-state index in [4.69, 9.17) is 30.8 Å². The minimum Gasteiger partial charge on any atom is -0.427 e. The van der Waals surface area contributed by atoms with Crippen molar-refractivity contribution in [1.82, 2.24) is 0 Å². The fraction of sp³-hybridized carbons (Fsp3) is 0.559. The van der Waals surface area contributed by atoms with Crippen LogP contribution in [0.2, 0.25) is 6.82 Å². The topological polar surface area (TPSA) is 111 Å². The highest BCUT2D eigenvalue weighted by Crippen LogP contribution is 2.36. The number of nitrogens with two attached hydrogens (primary N) is 2. The van der Waals surface area contributed by atoms with Crippen LogP contribution in [0.1, 0.15) is 211 Å². The van der Waals surface area contributed by atoms with Crippen molar-refractivity contribution in [2.45, 2.75) is 226 Å². The van der Waals surface area contributed by atoms with Crippen molar-refractivity contribution in [3.63, 3.8) is 0 Å². The molecule has 0 amide bonds. The first-order valence-electron chi connectivity index (χ1n) is 25.3. The van der Waals surface area contributed by atoms with Crippen LogP contribution in [0.3, 0.4) is 0 Å². The van der Waals surface area contributed by atoms with E-state index in [2.05, 4.69) is 123 Å². The number of hydrogen-bond acceptors (Lipinski definition) is 6. The van der Waals surface area contributed by atoms with Gasteiger partial charge in [0, 0.05) is 36.6 Å². The van der Waals surface area contributed by atoms with Gasteiger partial charge in [0.1, 0.15) is 0 Å². The average Bonchev–Trinajstić information content (AvgIpc) is 3.58. The standard InChI is InChI=1S/C13H17N.C12H18BNO2.C8H10.C8H14.8C2H6.CH5BO2.CH4.3B/c1-4-10(3)13(5-2)11-6-8-12(14)9-7-11;1-11(2)12(3,4)16-13(15-11)9-5-7-10(14)8-6-9;1-7-5-3-4-6-8(7)2;1-5-7(3)8(4)6-2;8*1-2;1-2(3)4;;;;/h4-9H,14H2,1-3H3;5-8H,14H2,1-4H3;3-6H,1-2H3;5-6H,1-4H3;8*1-2H3;3-4H,1H3;1H4;;;/b10-4-,13-5+;;;7-5-,8-6-;;;;;;;;;;;;;. The van der Waals surface area contributed by atoms with Crippen LogP contribution in [-0.2, 0) is 9.31 Å². The summed E-state index contributed by atoms with van der Waals surface area (Å²) in [5, 5.41) is 15.2. The number of benzene rings is 3. The number of nitrogen functional groups attached to an aromatic ring is 2. The van der Waals surface area contributed by atoms with Gasteiger partial charge in [-0.2, -0.15) is 0 Å². The Balaban J connectivity index is -0.0000000503. The first-order chi connectivity index (χ1) is 31.3. The molecule has 3 aromatic rings. The van der Waals surface area contributed by atoms with Crippen molar-refractivity contribution in [2.75, 3.05) is 11.5 Å². The van der Waals surface area contributed by atoms with Crippen molar-refractivity contribution < 1.29 is 19.4 Å². The Labute approximate surface area is 447 Å². The van der Waals surface area contributed by atoms with Crippen molar-refractivity contribution in [3.05, 3.63) is 131 Å². The molecule has 401 valence electrons. The van der Waals surface area contributed by atoms with E-state index in [-0.39, 0.29) is 51.0 Å². The first-order valence-corrected chi connectivity index (χ1v) is 25.3. The maximum absolute atomic E-state index is 7.61. The zero-order valence-electron chi connectivity index (χ0n) is 51.0. The highest BCUT2D eigenvalue weighted by Gasteiger charge is 2.51. The SMILES string of the molecule is C.C/C=C(C)\C(=C/C)c1ccc(N)cc1.C/C=C(C)\C(C)=C/C.CB(O)O.CC.CC.CC.CC.CC.CC.CC.CC.CC1(C)OB(c2ccc(N)cc2)OC1(C)C.Cc1ccccc1C.[B].[B].[B]. The predicted octanol–water partition coefficient (Wildman–Crippen LogP) is 17.2. The van der Waals surface area contributed by atoms with Gasteiger partial charge in [0.25, 0.3) is 0 Å². The molecule has 0 saturated carbocycles. The van der Waals surface area contributed by atoms with Crippen LogP contribution in [0.4, 0.5) is 11.4 Å². The van der Waals surface area contributed by atoms with Gasteiger partial charge in [-0.05, 0) is 154 Å². The van der Waals surface area contributed by atoms with E-state index in [1.54, 1.807) is 0 Å². The second-order valence-electron chi connectivity index (χ2n) is 13.2. The summed E-state index contributed by atoms with van der Waals surface area (Å²) in [7, 11) is -1.47. The Hall–Kier alpha value is -3.62. The van der Waals surface area contributed by atoms with E-state index in [9.17, 15) is 0 Å². The number of hydrogen-bond donors (Lipinski definition) is 4. The monoisotopic (exact) mass is 972 g/mol. The second-order valence-corrected chi connectivity index (χ2v) is 13.2. The van der Waals surface area contributed by atoms with E-state index in [0.717, 1.165) is 16.8 Å². The molecular weight excluding hydrogens is 855 g/mol. The average molecular weight is 972 g/mol. The third-order valence-electron chi connectivity index (χ3n) is 8.74. The Morgan fingerprint density at radius 3 is 0.943 bits per heavy atom. The molecule has 0 aliphatic carbocycles. The summed E-state index contributed by atoms with van der Waals surface area (Å²) < 4.78 is 11.9. The van der Waals surface area contributed by atoms with Gasteiger partial charge in [-0.15, -0.1) is 0 Å². The second kappa shape index (κ2) is 69.6. The van der Waals surface area contributed by atoms with Crippen LogP contribution < -0.4 is 16.9 Å². The summed E-state index contributed by atoms with van der Waals surface area (Å²) in [6.07, 6.45) is 8.48. The Morgan fingerprint density at radius 1 is 0.486 bits per heavy atom. The van der Waals surface area contributed by atoms with Crippen LogP contribution in [0, 0.1) is 13.8 Å². The van der Waals surface area contributed by atoms with Crippen LogP contribution in [0.15, 0.2) is 114 Å². The lowest BCUT2D eigenvalue weighted by molar-refractivity contribution is 0.00578. The van der Waals surface area contributed by atoms with Crippen molar-refractivity contribution in [1.29, 1.82) is 0 Å². The zero-order chi connectivity index (χ0) is 54.7. The van der Waals surface area contributed by atoms with Gasteiger partial charge in [-0.1, -0.05) is 202 Å². The fourth-order valence-corrected chi connectivity index (χ4v) is 4.19. The molecule has 1 saturated heterocycles. The van der Waals surface area contributed by atoms with Gasteiger partial charge < -0.3 is 30.8 Å². The molecule has 1 aliphatic rings. The lowest BCUT2D eigenvalue weighted by atomic mass is 9.79. The molecule has 11 heteroatoms.